The first-order valence-corrected chi connectivity index (χ1v) is 13.7. The van der Waals surface area contributed by atoms with Gasteiger partial charge in [0.1, 0.15) is 0 Å². The molecule has 0 aliphatic heterocycles. The second kappa shape index (κ2) is 10.0. The molecule has 3 aromatic carbocycles. The molecule has 7 heteroatoms. The molecule has 0 unspecified atom stereocenters. The minimum Gasteiger partial charge on any atom is -0.478 e. The minimum atomic E-state index is -1.00. The van der Waals surface area contributed by atoms with Gasteiger partial charge in [0.15, 0.2) is 0 Å². The van der Waals surface area contributed by atoms with Gasteiger partial charge >= 0.3 is 5.97 Å². The molecule has 0 spiro atoms. The number of nitrogens with zero attached hydrogens (tertiary/aromatic N) is 2. The van der Waals surface area contributed by atoms with Crippen molar-refractivity contribution in [3.8, 4) is 11.1 Å². The van der Waals surface area contributed by atoms with Crippen LogP contribution in [0.4, 0.5) is 5.69 Å². The molecule has 39 heavy (non-hydrogen) atoms. The summed E-state index contributed by atoms with van der Waals surface area (Å²) < 4.78 is 1.87. The molecule has 4 aromatic rings. The number of hydrogen-bond acceptors (Lipinski definition) is 3. The molecule has 3 atom stereocenters. The van der Waals surface area contributed by atoms with E-state index in [-0.39, 0.29) is 17.2 Å². The quantitative estimate of drug-likeness (QED) is 0.248. The van der Waals surface area contributed by atoms with Gasteiger partial charge in [0.25, 0.3) is 0 Å². The maximum atomic E-state index is 13.5. The Labute approximate surface area is 232 Å². The average Bonchev–Trinajstić information content (AvgIpc) is 3.61. The monoisotopic (exact) mass is 539 g/mol. The van der Waals surface area contributed by atoms with Gasteiger partial charge in [-0.15, -0.1) is 0 Å². The zero-order valence-corrected chi connectivity index (χ0v) is 22.5. The number of aryl methyl sites for hydroxylation is 1. The van der Waals surface area contributed by atoms with Gasteiger partial charge < -0.3 is 10.4 Å². The third-order valence-corrected chi connectivity index (χ3v) is 8.97. The van der Waals surface area contributed by atoms with Crippen molar-refractivity contribution in [3.05, 3.63) is 89.1 Å². The van der Waals surface area contributed by atoms with Crippen LogP contribution in [0.5, 0.6) is 0 Å². The van der Waals surface area contributed by atoms with E-state index in [0.717, 1.165) is 76.4 Å². The zero-order chi connectivity index (χ0) is 27.1. The Balaban J connectivity index is 1.21. The summed E-state index contributed by atoms with van der Waals surface area (Å²) in [5.41, 5.74) is 5.64. The summed E-state index contributed by atoms with van der Waals surface area (Å²) in [5.74, 6) is -0.489. The van der Waals surface area contributed by atoms with Crippen molar-refractivity contribution in [1.29, 1.82) is 0 Å². The summed E-state index contributed by atoms with van der Waals surface area (Å²) in [6, 6.07) is 19.9. The van der Waals surface area contributed by atoms with E-state index in [0.29, 0.717) is 11.6 Å². The molecule has 6 rings (SSSR count). The Morgan fingerprint density at radius 3 is 2.77 bits per heavy atom. The number of carboxylic acid groups (broad SMARTS) is 1. The van der Waals surface area contributed by atoms with Gasteiger partial charge in [0.05, 0.1) is 11.7 Å². The highest BCUT2D eigenvalue weighted by Crippen LogP contribution is 2.59. The Bertz CT molecular complexity index is 1620. The number of halogens is 1. The van der Waals surface area contributed by atoms with Crippen molar-refractivity contribution in [3.63, 3.8) is 0 Å². The Morgan fingerprint density at radius 1 is 1.15 bits per heavy atom. The zero-order valence-electron chi connectivity index (χ0n) is 21.7. The van der Waals surface area contributed by atoms with Crippen molar-refractivity contribution in [2.75, 3.05) is 5.32 Å². The Kier molecular flexibility index (Phi) is 6.51. The lowest BCUT2D eigenvalue weighted by Crippen LogP contribution is -2.37. The Morgan fingerprint density at radius 2 is 1.97 bits per heavy atom. The lowest BCUT2D eigenvalue weighted by molar-refractivity contribution is -0.131. The molecule has 2 fully saturated rings. The van der Waals surface area contributed by atoms with E-state index < -0.39 is 5.97 Å². The van der Waals surface area contributed by atoms with E-state index in [4.69, 9.17) is 16.7 Å². The minimum absolute atomic E-state index is 0.0362. The van der Waals surface area contributed by atoms with Gasteiger partial charge in [0, 0.05) is 35.1 Å². The summed E-state index contributed by atoms with van der Waals surface area (Å²) >= 11 is 6.87. The first kappa shape index (κ1) is 25.4. The largest absolute Gasteiger partial charge is 0.478 e. The Hall–Kier alpha value is -3.90. The molecule has 2 bridgehead atoms. The van der Waals surface area contributed by atoms with Gasteiger partial charge in [-0.25, -0.2) is 4.79 Å². The molecule has 1 heterocycles. The topological polar surface area (TPSA) is 84.2 Å². The van der Waals surface area contributed by atoms with Crippen LogP contribution in [0.3, 0.4) is 0 Å². The number of carboxylic acids is 1. The SMILES string of the molecule is Cn1ncc2cc(-c3ccc(C[C@@]45CC[C@H](C[C@H]4C(=O)Nc4cccc(/C=C/C(=O)O)c4)C5)c(Cl)c3)ccc21. The van der Waals surface area contributed by atoms with E-state index in [1.165, 1.54) is 6.08 Å². The summed E-state index contributed by atoms with van der Waals surface area (Å²) in [7, 11) is 1.94. The third-order valence-electron chi connectivity index (χ3n) is 8.62. The lowest BCUT2D eigenvalue weighted by atomic mass is 9.70. The number of aliphatic carboxylic acids is 1. The maximum Gasteiger partial charge on any atom is 0.328 e. The van der Waals surface area contributed by atoms with E-state index in [1.54, 1.807) is 6.07 Å². The fourth-order valence-electron chi connectivity index (χ4n) is 6.75. The number of hydrogen-bond donors (Lipinski definition) is 2. The number of anilines is 1. The molecule has 0 radical (unpaired) electrons. The van der Waals surface area contributed by atoms with Crippen LogP contribution in [-0.4, -0.2) is 26.8 Å². The number of rotatable bonds is 7. The molecule has 2 N–H and O–H groups in total. The van der Waals surface area contributed by atoms with Gasteiger partial charge in [-0.1, -0.05) is 41.9 Å². The van der Waals surface area contributed by atoms with Gasteiger partial charge in [-0.2, -0.15) is 5.10 Å². The molecule has 2 saturated carbocycles. The summed E-state index contributed by atoms with van der Waals surface area (Å²) in [6.07, 6.45) is 9.39. The lowest BCUT2D eigenvalue weighted by Gasteiger charge is -2.35. The number of aromatic nitrogens is 2. The van der Waals surface area contributed by atoms with Crippen LogP contribution >= 0.6 is 11.6 Å². The fraction of sp³-hybridized carbons (Fsp3) is 0.281. The van der Waals surface area contributed by atoms with Crippen LogP contribution in [0.1, 0.15) is 36.8 Å². The predicted molar refractivity (Wildman–Crippen MR) is 154 cm³/mol. The number of fused-ring (bicyclic) bond motifs is 3. The van der Waals surface area contributed by atoms with Crippen LogP contribution in [0.15, 0.2) is 72.9 Å². The highest BCUT2D eigenvalue weighted by molar-refractivity contribution is 6.31. The highest BCUT2D eigenvalue weighted by Gasteiger charge is 2.54. The van der Waals surface area contributed by atoms with E-state index in [1.807, 2.05) is 42.2 Å². The van der Waals surface area contributed by atoms with Gasteiger partial charge in [-0.05, 0) is 102 Å². The van der Waals surface area contributed by atoms with Crippen molar-refractivity contribution in [2.24, 2.45) is 24.3 Å². The van der Waals surface area contributed by atoms with Crippen LogP contribution in [0.2, 0.25) is 5.02 Å². The summed E-state index contributed by atoms with van der Waals surface area (Å²) in [6.45, 7) is 0. The summed E-state index contributed by atoms with van der Waals surface area (Å²) in [5, 5.41) is 18.2. The second-order valence-electron chi connectivity index (χ2n) is 11.1. The number of carbonyl (C=O) groups excluding carboxylic acids is 1. The van der Waals surface area contributed by atoms with Crippen LogP contribution in [-0.2, 0) is 23.1 Å². The molecule has 6 nitrogen and oxygen atoms in total. The number of carbonyl (C=O) groups is 2. The van der Waals surface area contributed by atoms with E-state index in [9.17, 15) is 9.59 Å². The molecular formula is C32H30ClN3O3. The van der Waals surface area contributed by atoms with Crippen molar-refractivity contribution in [2.45, 2.75) is 32.1 Å². The highest BCUT2D eigenvalue weighted by atomic mass is 35.5. The fourth-order valence-corrected chi connectivity index (χ4v) is 7.00. The van der Waals surface area contributed by atoms with Gasteiger partial charge in [0.2, 0.25) is 5.91 Å². The standard InChI is InChI=1S/C32H30ClN3O3/c1-36-29-9-8-22(15-25(29)19-34-36)23-6-7-24(28(33)16-23)18-32-12-11-21(17-32)14-27(32)31(39)35-26-4-2-3-20(13-26)5-10-30(37)38/h2-10,13,15-16,19,21,27H,11-12,14,17-18H2,1H3,(H,35,39)(H,37,38)/b10-5+/t21-,27+,32+/m1/s1. The number of benzene rings is 3. The second-order valence-corrected chi connectivity index (χ2v) is 11.5. The number of amides is 1. The molecule has 0 saturated heterocycles. The first-order chi connectivity index (χ1) is 18.8. The molecule has 1 amide bonds. The normalized spacial score (nSPS) is 22.1. The predicted octanol–water partition coefficient (Wildman–Crippen LogP) is 6.98. The first-order valence-electron chi connectivity index (χ1n) is 13.3. The van der Waals surface area contributed by atoms with Crippen molar-refractivity contribution < 1.29 is 14.7 Å². The molecule has 198 valence electrons. The van der Waals surface area contributed by atoms with Crippen molar-refractivity contribution >= 4 is 46.1 Å². The van der Waals surface area contributed by atoms with Crippen LogP contribution in [0.25, 0.3) is 28.1 Å². The van der Waals surface area contributed by atoms with Crippen LogP contribution < -0.4 is 5.32 Å². The molecular weight excluding hydrogens is 510 g/mol. The van der Waals surface area contributed by atoms with E-state index in [2.05, 4.69) is 40.7 Å². The third kappa shape index (κ3) is 4.97. The smallest absolute Gasteiger partial charge is 0.328 e. The molecule has 1 aromatic heterocycles. The average molecular weight is 540 g/mol. The van der Waals surface area contributed by atoms with E-state index >= 15 is 0 Å². The van der Waals surface area contributed by atoms with Crippen molar-refractivity contribution in [1.82, 2.24) is 9.78 Å². The van der Waals surface area contributed by atoms with Gasteiger partial charge in [-0.3, -0.25) is 9.48 Å². The number of nitrogens with one attached hydrogen (secondary N) is 1. The molecule has 2 aliphatic carbocycles. The maximum absolute atomic E-state index is 13.5. The van der Waals surface area contributed by atoms with Crippen LogP contribution in [0, 0.1) is 17.3 Å². The molecule has 2 aliphatic rings. The summed E-state index contributed by atoms with van der Waals surface area (Å²) in [4.78, 5) is 24.4.